The fraction of sp³-hybridized carbons (Fsp3) is 0.120. The number of hydrogen-bond donors (Lipinski definition) is 1. The van der Waals surface area contributed by atoms with Gasteiger partial charge in [-0.25, -0.2) is 5.43 Å². The van der Waals surface area contributed by atoms with Gasteiger partial charge in [-0.2, -0.15) is 5.10 Å². The van der Waals surface area contributed by atoms with E-state index in [4.69, 9.17) is 39.5 Å². The fourth-order valence-corrected chi connectivity index (χ4v) is 4.51. The molecule has 36 heavy (non-hydrogen) atoms. The molecule has 11 heteroatoms. The average Bonchev–Trinajstić information content (AvgIpc) is 3.29. The van der Waals surface area contributed by atoms with Crippen molar-refractivity contribution in [3.63, 3.8) is 0 Å². The lowest BCUT2D eigenvalue weighted by molar-refractivity contribution is -0.118. The number of rotatable bonds is 9. The van der Waals surface area contributed by atoms with Crippen molar-refractivity contribution in [2.24, 2.45) is 5.10 Å². The number of carbonyl (C=O) groups excluding carboxylic acids is 1. The number of thioether (sulfide) groups is 1. The summed E-state index contributed by atoms with van der Waals surface area (Å²) >= 11 is 19.3. The van der Waals surface area contributed by atoms with Gasteiger partial charge in [0.15, 0.2) is 11.0 Å². The van der Waals surface area contributed by atoms with E-state index in [9.17, 15) is 4.79 Å². The quantitative estimate of drug-likeness (QED) is 0.143. The topological polar surface area (TPSA) is 81.4 Å². The van der Waals surface area contributed by atoms with Crippen molar-refractivity contribution in [3.8, 4) is 22.8 Å². The third-order valence-electron chi connectivity index (χ3n) is 4.83. The molecule has 184 valence electrons. The number of ether oxygens (including phenoxy) is 1. The largest absolute Gasteiger partial charge is 0.494 e. The summed E-state index contributed by atoms with van der Waals surface area (Å²) in [5.41, 5.74) is 4.79. The van der Waals surface area contributed by atoms with E-state index in [1.165, 1.54) is 18.0 Å². The van der Waals surface area contributed by atoms with Crippen molar-refractivity contribution in [1.82, 2.24) is 20.2 Å². The van der Waals surface area contributed by atoms with Crippen molar-refractivity contribution in [3.05, 3.63) is 87.4 Å². The van der Waals surface area contributed by atoms with Crippen molar-refractivity contribution < 1.29 is 9.53 Å². The van der Waals surface area contributed by atoms with Gasteiger partial charge < -0.3 is 4.74 Å². The number of aromatic nitrogens is 3. The Kier molecular flexibility index (Phi) is 8.88. The molecule has 0 bridgehead atoms. The Morgan fingerprint density at radius 2 is 1.75 bits per heavy atom. The second-order valence-corrected chi connectivity index (χ2v) is 9.55. The van der Waals surface area contributed by atoms with Crippen LogP contribution in [0.25, 0.3) is 17.1 Å². The van der Waals surface area contributed by atoms with Crippen molar-refractivity contribution in [1.29, 1.82) is 0 Å². The van der Waals surface area contributed by atoms with E-state index in [0.717, 1.165) is 17.0 Å². The third kappa shape index (κ3) is 6.59. The van der Waals surface area contributed by atoms with Crippen LogP contribution in [0.4, 0.5) is 0 Å². The summed E-state index contributed by atoms with van der Waals surface area (Å²) in [7, 11) is 0. The molecule has 4 aromatic rings. The maximum absolute atomic E-state index is 12.4. The summed E-state index contributed by atoms with van der Waals surface area (Å²) in [5.74, 6) is 1.14. The van der Waals surface area contributed by atoms with Gasteiger partial charge in [-0.05, 0) is 67.6 Å². The van der Waals surface area contributed by atoms with Gasteiger partial charge in [0.1, 0.15) is 5.75 Å². The van der Waals surface area contributed by atoms with E-state index in [2.05, 4.69) is 20.7 Å². The molecule has 0 radical (unpaired) electrons. The molecule has 0 unspecified atom stereocenters. The molecule has 0 aliphatic heterocycles. The summed E-state index contributed by atoms with van der Waals surface area (Å²) in [6, 6.07) is 19.9. The fourth-order valence-electron chi connectivity index (χ4n) is 3.18. The zero-order valence-electron chi connectivity index (χ0n) is 19.0. The number of amides is 1. The lowest BCUT2D eigenvalue weighted by Gasteiger charge is -2.11. The highest BCUT2D eigenvalue weighted by atomic mass is 35.5. The Bertz CT molecular complexity index is 1380. The van der Waals surface area contributed by atoms with Gasteiger partial charge in [-0.15, -0.1) is 10.2 Å². The molecular formula is C25H20Cl3N5O2S. The Hall–Kier alpha value is -3.04. The van der Waals surface area contributed by atoms with Crippen LogP contribution >= 0.6 is 46.6 Å². The highest BCUT2D eigenvalue weighted by Gasteiger charge is 2.17. The average molecular weight is 561 g/mol. The SMILES string of the molecule is CCOc1ccc(-n2c(SCC(=O)N/N=C/c3ccc(Cl)cc3Cl)nnc2-c2ccc(Cl)cc2)cc1. The predicted molar refractivity (Wildman–Crippen MR) is 146 cm³/mol. The smallest absolute Gasteiger partial charge is 0.250 e. The first kappa shape index (κ1) is 26.0. The first-order valence-electron chi connectivity index (χ1n) is 10.8. The van der Waals surface area contributed by atoms with Crippen LogP contribution < -0.4 is 10.2 Å². The first-order valence-corrected chi connectivity index (χ1v) is 12.9. The standard InChI is InChI=1S/C25H20Cl3N5O2S/c1-2-35-21-11-9-20(10-12-21)33-24(16-3-6-18(26)7-4-16)31-32-25(33)36-15-23(34)30-29-14-17-5-8-19(27)13-22(17)28/h3-14H,2,15H2,1H3,(H,30,34)/b29-14+. The van der Waals surface area contributed by atoms with Gasteiger partial charge in [0, 0.05) is 26.9 Å². The number of nitrogens with zero attached hydrogens (tertiary/aromatic N) is 4. The number of hydrogen-bond acceptors (Lipinski definition) is 6. The van der Waals surface area contributed by atoms with Crippen LogP contribution in [-0.2, 0) is 4.79 Å². The number of nitrogens with one attached hydrogen (secondary N) is 1. The van der Waals surface area contributed by atoms with Crippen LogP contribution in [0.15, 0.2) is 77.0 Å². The molecule has 4 rings (SSSR count). The lowest BCUT2D eigenvalue weighted by atomic mass is 10.2. The van der Waals surface area contributed by atoms with Crippen LogP contribution in [-0.4, -0.2) is 39.2 Å². The van der Waals surface area contributed by atoms with Crippen LogP contribution in [0.3, 0.4) is 0 Å². The molecule has 0 atom stereocenters. The number of benzene rings is 3. The van der Waals surface area contributed by atoms with Gasteiger partial charge in [-0.3, -0.25) is 9.36 Å². The van der Waals surface area contributed by atoms with Gasteiger partial charge in [0.25, 0.3) is 5.91 Å². The highest BCUT2D eigenvalue weighted by Crippen LogP contribution is 2.29. The van der Waals surface area contributed by atoms with Gasteiger partial charge >= 0.3 is 0 Å². The van der Waals surface area contributed by atoms with E-state index in [1.807, 2.05) is 47.9 Å². The van der Waals surface area contributed by atoms with Gasteiger partial charge in [-0.1, -0.05) is 52.6 Å². The zero-order chi connectivity index (χ0) is 25.5. The van der Waals surface area contributed by atoms with Gasteiger partial charge in [0.05, 0.1) is 23.6 Å². The Morgan fingerprint density at radius 1 is 1.03 bits per heavy atom. The van der Waals surface area contributed by atoms with Crippen LogP contribution in [0.1, 0.15) is 12.5 Å². The second-order valence-electron chi connectivity index (χ2n) is 7.32. The molecule has 0 aliphatic rings. The summed E-state index contributed by atoms with van der Waals surface area (Å²) in [4.78, 5) is 12.4. The summed E-state index contributed by atoms with van der Waals surface area (Å²) in [6.07, 6.45) is 1.46. The van der Waals surface area contributed by atoms with Crippen molar-refractivity contribution in [2.45, 2.75) is 12.1 Å². The Balaban J connectivity index is 1.52. The van der Waals surface area contributed by atoms with Crippen LogP contribution in [0.2, 0.25) is 15.1 Å². The first-order chi connectivity index (χ1) is 17.4. The molecule has 0 fully saturated rings. The van der Waals surface area contributed by atoms with Crippen LogP contribution in [0.5, 0.6) is 5.75 Å². The second kappa shape index (κ2) is 12.3. The minimum absolute atomic E-state index is 0.0709. The molecule has 1 aromatic heterocycles. The van der Waals surface area contributed by atoms with Crippen molar-refractivity contribution in [2.75, 3.05) is 12.4 Å². The van der Waals surface area contributed by atoms with Gasteiger partial charge in [0.2, 0.25) is 0 Å². The summed E-state index contributed by atoms with van der Waals surface area (Å²) in [5, 5.41) is 14.8. The molecule has 0 saturated heterocycles. The molecule has 0 aliphatic carbocycles. The molecule has 1 heterocycles. The number of hydrazone groups is 1. The van der Waals surface area contributed by atoms with E-state index >= 15 is 0 Å². The van der Waals surface area contributed by atoms with E-state index < -0.39 is 0 Å². The Labute approximate surface area is 227 Å². The zero-order valence-corrected chi connectivity index (χ0v) is 22.1. The number of halogens is 3. The van der Waals surface area contributed by atoms with Crippen molar-refractivity contribution >= 4 is 58.7 Å². The van der Waals surface area contributed by atoms with E-state index in [1.54, 1.807) is 30.3 Å². The predicted octanol–water partition coefficient (Wildman–Crippen LogP) is 6.54. The normalized spacial score (nSPS) is 11.1. The lowest BCUT2D eigenvalue weighted by Crippen LogP contribution is -2.20. The minimum Gasteiger partial charge on any atom is -0.494 e. The maximum atomic E-state index is 12.4. The molecule has 1 amide bonds. The molecule has 7 nitrogen and oxygen atoms in total. The van der Waals surface area contributed by atoms with E-state index in [0.29, 0.717) is 38.2 Å². The van der Waals surface area contributed by atoms with E-state index in [-0.39, 0.29) is 11.7 Å². The maximum Gasteiger partial charge on any atom is 0.250 e. The molecule has 3 aromatic carbocycles. The third-order valence-corrected chi connectivity index (χ3v) is 6.57. The summed E-state index contributed by atoms with van der Waals surface area (Å²) < 4.78 is 7.44. The monoisotopic (exact) mass is 559 g/mol. The highest BCUT2D eigenvalue weighted by molar-refractivity contribution is 7.99. The molecule has 0 saturated carbocycles. The number of carbonyl (C=O) groups is 1. The molecular weight excluding hydrogens is 541 g/mol. The molecule has 0 spiro atoms. The molecule has 1 N–H and O–H groups in total. The minimum atomic E-state index is -0.310. The Morgan fingerprint density at radius 3 is 2.44 bits per heavy atom. The summed E-state index contributed by atoms with van der Waals surface area (Å²) in [6.45, 7) is 2.51. The van der Waals surface area contributed by atoms with Crippen LogP contribution in [0, 0.1) is 0 Å².